The maximum Gasteiger partial charge on any atom is 0.127 e. The smallest absolute Gasteiger partial charge is 0.127 e. The maximum atomic E-state index is 6.16. The van der Waals surface area contributed by atoms with Crippen molar-refractivity contribution in [3.8, 4) is 23.0 Å². The van der Waals surface area contributed by atoms with Crippen LogP contribution in [0.5, 0.6) is 23.0 Å². The van der Waals surface area contributed by atoms with Gasteiger partial charge in [0, 0.05) is 16.8 Å². The Kier molecular flexibility index (Phi) is 13.1. The van der Waals surface area contributed by atoms with E-state index in [1.807, 2.05) is 48.5 Å². The van der Waals surface area contributed by atoms with Crippen LogP contribution in [0.2, 0.25) is 0 Å². The molecule has 1 fully saturated rings. The third-order valence-corrected chi connectivity index (χ3v) is 10.1. The lowest BCUT2D eigenvalue weighted by Crippen LogP contribution is -2.34. The van der Waals surface area contributed by atoms with Crippen molar-refractivity contribution in [2.24, 2.45) is 5.92 Å². The van der Waals surface area contributed by atoms with E-state index in [-0.39, 0.29) is 5.41 Å². The van der Waals surface area contributed by atoms with Crippen molar-refractivity contribution in [1.29, 1.82) is 0 Å². The van der Waals surface area contributed by atoms with Crippen LogP contribution in [-0.4, -0.2) is 0 Å². The molecule has 4 nitrogen and oxygen atoms in total. The van der Waals surface area contributed by atoms with Crippen molar-refractivity contribution in [1.82, 2.24) is 0 Å². The average molecular weight is 633 g/mol. The number of unbranched alkanes of at least 4 members (excludes halogenated alkanes) is 10. The molecule has 1 atom stereocenters. The molecule has 250 valence electrons. The summed E-state index contributed by atoms with van der Waals surface area (Å²) in [6.45, 7) is 2.29. The molecule has 4 heteroatoms. The summed E-state index contributed by atoms with van der Waals surface area (Å²) < 4.78 is 12.3. The van der Waals surface area contributed by atoms with Crippen molar-refractivity contribution in [2.45, 2.75) is 115 Å². The molecule has 0 amide bonds. The Bertz CT molecular complexity index is 1360. The lowest BCUT2D eigenvalue weighted by molar-refractivity contribution is 0.240. The molecular weight excluding hydrogens is 576 g/mol. The summed E-state index contributed by atoms with van der Waals surface area (Å²) in [5.74, 6) is 4.01. The first kappa shape index (κ1) is 34.4. The van der Waals surface area contributed by atoms with Crippen molar-refractivity contribution in [3.05, 3.63) is 108 Å². The highest BCUT2D eigenvalue weighted by atomic mass is 16.5. The van der Waals surface area contributed by atoms with Gasteiger partial charge in [0.1, 0.15) is 23.0 Å². The molecule has 0 saturated heterocycles. The molecule has 4 aromatic rings. The molecule has 47 heavy (non-hydrogen) atoms. The predicted molar refractivity (Wildman–Crippen MR) is 199 cm³/mol. The molecule has 5 rings (SSSR count). The van der Waals surface area contributed by atoms with Crippen LogP contribution in [0.15, 0.2) is 97.1 Å². The van der Waals surface area contributed by atoms with E-state index in [0.29, 0.717) is 0 Å². The summed E-state index contributed by atoms with van der Waals surface area (Å²) in [5.41, 5.74) is 15.9. The van der Waals surface area contributed by atoms with Gasteiger partial charge < -0.3 is 20.9 Å². The zero-order valence-corrected chi connectivity index (χ0v) is 28.6. The first-order valence-corrected chi connectivity index (χ1v) is 18.3. The Morgan fingerprint density at radius 2 is 0.915 bits per heavy atom. The third kappa shape index (κ3) is 10.3. The second-order valence-corrected chi connectivity index (χ2v) is 13.8. The second kappa shape index (κ2) is 17.8. The maximum absolute atomic E-state index is 6.16. The predicted octanol–water partition coefficient (Wildman–Crippen LogP) is 12.6. The number of hydrogen-bond donors (Lipinski definition) is 2. The van der Waals surface area contributed by atoms with Gasteiger partial charge in [0.05, 0.1) is 0 Å². The molecule has 0 radical (unpaired) electrons. The number of anilines is 2. The van der Waals surface area contributed by atoms with E-state index >= 15 is 0 Å². The zero-order chi connectivity index (χ0) is 32.7. The summed E-state index contributed by atoms with van der Waals surface area (Å²) in [6.07, 6.45) is 21.6. The first-order valence-electron chi connectivity index (χ1n) is 18.3. The molecule has 0 heterocycles. The second-order valence-electron chi connectivity index (χ2n) is 13.8. The molecular formula is C43H56N2O2. The van der Waals surface area contributed by atoms with E-state index in [1.165, 1.54) is 107 Å². The largest absolute Gasteiger partial charge is 0.457 e. The number of benzene rings is 4. The van der Waals surface area contributed by atoms with E-state index in [9.17, 15) is 0 Å². The number of ether oxygens (including phenoxy) is 2. The van der Waals surface area contributed by atoms with Crippen LogP contribution in [0.3, 0.4) is 0 Å². The fourth-order valence-corrected chi connectivity index (χ4v) is 7.45. The fourth-order valence-electron chi connectivity index (χ4n) is 7.45. The van der Waals surface area contributed by atoms with Crippen LogP contribution in [0.25, 0.3) is 0 Å². The van der Waals surface area contributed by atoms with E-state index in [2.05, 4.69) is 55.5 Å². The lowest BCUT2D eigenvalue weighted by Gasteiger charge is -2.42. The van der Waals surface area contributed by atoms with E-state index < -0.39 is 0 Å². The Morgan fingerprint density at radius 1 is 0.532 bits per heavy atom. The molecule has 0 aliphatic heterocycles. The first-order chi connectivity index (χ1) is 23.0. The number of hydrogen-bond acceptors (Lipinski definition) is 4. The van der Waals surface area contributed by atoms with Gasteiger partial charge in [-0.15, -0.1) is 0 Å². The topological polar surface area (TPSA) is 70.5 Å². The van der Waals surface area contributed by atoms with E-state index in [4.69, 9.17) is 20.9 Å². The Labute approximate surface area is 283 Å². The minimum atomic E-state index is -0.0276. The van der Waals surface area contributed by atoms with Crippen LogP contribution >= 0.6 is 0 Å². The quantitative estimate of drug-likeness (QED) is 0.0845. The monoisotopic (exact) mass is 632 g/mol. The van der Waals surface area contributed by atoms with Crippen LogP contribution in [0.1, 0.15) is 121 Å². The number of nitrogens with two attached hydrogens (primary N) is 2. The standard InChI is InChI=1S/C43H56N2O2/c1-2-3-4-5-6-7-8-9-10-11-12-14-34-15-13-32-43(33-34,35-16-24-39(25-17-35)46-41-28-20-37(44)21-29-41)36-18-26-40(27-19-36)47-42-30-22-38(45)23-31-42/h16-31,34H,2-15,32-33,44-45H2,1H3. The average Bonchev–Trinajstić information content (AvgIpc) is 3.10. The molecule has 4 N–H and O–H groups in total. The van der Waals surface area contributed by atoms with Crippen LogP contribution in [-0.2, 0) is 5.41 Å². The Balaban J connectivity index is 1.24. The summed E-state index contributed by atoms with van der Waals surface area (Å²) in [5, 5.41) is 0. The molecule has 1 unspecified atom stereocenters. The third-order valence-electron chi connectivity index (χ3n) is 10.1. The number of nitrogen functional groups attached to an aromatic ring is 2. The van der Waals surface area contributed by atoms with E-state index in [0.717, 1.165) is 46.7 Å². The van der Waals surface area contributed by atoms with Crippen molar-refractivity contribution in [3.63, 3.8) is 0 Å². The Morgan fingerprint density at radius 3 is 1.34 bits per heavy atom. The van der Waals surface area contributed by atoms with Crippen molar-refractivity contribution in [2.75, 3.05) is 11.5 Å². The highest BCUT2D eigenvalue weighted by Crippen LogP contribution is 2.49. The summed E-state index contributed by atoms with van der Waals surface area (Å²) in [6, 6.07) is 32.8. The summed E-state index contributed by atoms with van der Waals surface area (Å²) in [7, 11) is 0. The minimum Gasteiger partial charge on any atom is -0.457 e. The van der Waals surface area contributed by atoms with Crippen LogP contribution in [0, 0.1) is 5.92 Å². The molecule has 0 spiro atoms. The SMILES string of the molecule is CCCCCCCCCCCCCC1CCCC(c2ccc(Oc3ccc(N)cc3)cc2)(c2ccc(Oc3ccc(N)cc3)cc2)C1. The molecule has 4 aromatic carbocycles. The van der Waals surface area contributed by atoms with Gasteiger partial charge in [-0.25, -0.2) is 0 Å². The molecule has 1 saturated carbocycles. The summed E-state index contributed by atoms with van der Waals surface area (Å²) in [4.78, 5) is 0. The normalized spacial score (nSPS) is 15.7. The molecule has 1 aliphatic carbocycles. The van der Waals surface area contributed by atoms with Gasteiger partial charge in [-0.05, 0) is 103 Å². The molecule has 1 aliphatic rings. The molecule has 0 bridgehead atoms. The highest BCUT2D eigenvalue weighted by molar-refractivity contribution is 5.47. The molecule has 0 aromatic heterocycles. The van der Waals surface area contributed by atoms with Gasteiger partial charge in [0.25, 0.3) is 0 Å². The van der Waals surface area contributed by atoms with E-state index in [1.54, 1.807) is 0 Å². The van der Waals surface area contributed by atoms with Gasteiger partial charge in [-0.1, -0.05) is 121 Å². The minimum absolute atomic E-state index is 0.0276. The zero-order valence-electron chi connectivity index (χ0n) is 28.6. The van der Waals surface area contributed by atoms with Gasteiger partial charge in [-0.3, -0.25) is 0 Å². The fraction of sp³-hybridized carbons (Fsp3) is 0.442. The van der Waals surface area contributed by atoms with Gasteiger partial charge in [-0.2, -0.15) is 0 Å². The van der Waals surface area contributed by atoms with Crippen molar-refractivity contribution >= 4 is 11.4 Å². The van der Waals surface area contributed by atoms with Crippen LogP contribution < -0.4 is 20.9 Å². The van der Waals surface area contributed by atoms with Crippen molar-refractivity contribution < 1.29 is 9.47 Å². The van der Waals surface area contributed by atoms with Gasteiger partial charge >= 0.3 is 0 Å². The Hall–Kier alpha value is -3.92. The summed E-state index contributed by atoms with van der Waals surface area (Å²) >= 11 is 0. The van der Waals surface area contributed by atoms with Gasteiger partial charge in [0.15, 0.2) is 0 Å². The number of rotatable bonds is 18. The lowest BCUT2D eigenvalue weighted by atomic mass is 9.61. The van der Waals surface area contributed by atoms with Gasteiger partial charge in [0.2, 0.25) is 0 Å². The van der Waals surface area contributed by atoms with Crippen LogP contribution in [0.4, 0.5) is 11.4 Å². The highest BCUT2D eigenvalue weighted by Gasteiger charge is 2.39.